The van der Waals surface area contributed by atoms with Crippen LogP contribution >= 0.6 is 11.3 Å². The molecule has 2 fully saturated rings. The summed E-state index contributed by atoms with van der Waals surface area (Å²) in [4.78, 5) is 42.6. The molecule has 3 N–H and O–H groups in total. The highest BCUT2D eigenvalue weighted by Gasteiger charge is 2.36. The normalized spacial score (nSPS) is 22.0. The molecule has 0 spiro atoms. The lowest BCUT2D eigenvalue weighted by molar-refractivity contribution is -0.148. The molecule has 2 saturated carbocycles. The number of thiazole rings is 1. The number of aromatic nitrogens is 1. The molecular formula is C29H38N4O4S. The van der Waals surface area contributed by atoms with Crippen LogP contribution < -0.4 is 10.6 Å². The van der Waals surface area contributed by atoms with Crippen LogP contribution in [0.2, 0.25) is 0 Å². The Morgan fingerprint density at radius 2 is 1.84 bits per heavy atom. The largest absolute Gasteiger partial charge is 0.458 e. The Labute approximate surface area is 228 Å². The zero-order chi connectivity index (χ0) is 27.4. The second-order valence-corrected chi connectivity index (χ2v) is 11.9. The van der Waals surface area contributed by atoms with Crippen LogP contribution in [0.25, 0.3) is 11.3 Å². The van der Waals surface area contributed by atoms with E-state index in [9.17, 15) is 14.4 Å². The molecule has 2 aliphatic carbocycles. The van der Waals surface area contributed by atoms with Crippen molar-refractivity contribution in [3.8, 4) is 11.3 Å². The van der Waals surface area contributed by atoms with E-state index in [2.05, 4.69) is 36.4 Å². The molecule has 1 aromatic carbocycles. The molecule has 4 unspecified atom stereocenters. The highest BCUT2D eigenvalue weighted by molar-refractivity contribution is 7.14. The molecule has 9 heteroatoms. The quantitative estimate of drug-likeness (QED) is 0.265. The lowest BCUT2D eigenvalue weighted by atomic mass is 9.75. The van der Waals surface area contributed by atoms with Gasteiger partial charge in [0.15, 0.2) is 5.13 Å². The van der Waals surface area contributed by atoms with E-state index in [1.165, 1.54) is 11.3 Å². The highest BCUT2D eigenvalue weighted by atomic mass is 32.1. The second-order valence-electron chi connectivity index (χ2n) is 11.0. The van der Waals surface area contributed by atoms with E-state index in [4.69, 9.17) is 10.1 Å². The number of nitrogens with one attached hydrogen (secondary N) is 3. The van der Waals surface area contributed by atoms with E-state index < -0.39 is 17.8 Å². The summed E-state index contributed by atoms with van der Waals surface area (Å²) >= 11 is 1.27. The fourth-order valence-corrected chi connectivity index (χ4v) is 5.78. The second kappa shape index (κ2) is 12.2. The SMILES string of the molecule is CCC(C(=N)C(=O)OC1CC(C)CCC1C(C)C)C(=O)Nc1nc(-c2ccc(C(=O)NC3CC3)cc2)cs1. The van der Waals surface area contributed by atoms with E-state index in [1.54, 1.807) is 19.1 Å². The van der Waals surface area contributed by atoms with Crippen LogP contribution in [-0.2, 0) is 14.3 Å². The maximum atomic E-state index is 13.0. The van der Waals surface area contributed by atoms with Gasteiger partial charge in [-0.15, -0.1) is 11.3 Å². The molecule has 0 saturated heterocycles. The van der Waals surface area contributed by atoms with Crippen LogP contribution in [0.4, 0.5) is 5.13 Å². The summed E-state index contributed by atoms with van der Waals surface area (Å²) < 4.78 is 5.81. The molecule has 1 aromatic heterocycles. The first kappa shape index (κ1) is 28.0. The van der Waals surface area contributed by atoms with Crippen molar-refractivity contribution in [2.24, 2.45) is 23.7 Å². The third-order valence-electron chi connectivity index (χ3n) is 7.60. The van der Waals surface area contributed by atoms with Gasteiger partial charge in [-0.1, -0.05) is 46.2 Å². The number of hydrogen-bond acceptors (Lipinski definition) is 7. The predicted octanol–water partition coefficient (Wildman–Crippen LogP) is 5.69. The van der Waals surface area contributed by atoms with Gasteiger partial charge in [-0.2, -0.15) is 0 Å². The third kappa shape index (κ3) is 6.87. The Morgan fingerprint density at radius 1 is 1.13 bits per heavy atom. The predicted molar refractivity (Wildman–Crippen MR) is 149 cm³/mol. The van der Waals surface area contributed by atoms with Crippen LogP contribution in [0.3, 0.4) is 0 Å². The van der Waals surface area contributed by atoms with Crippen molar-refractivity contribution in [1.29, 1.82) is 5.41 Å². The number of esters is 1. The number of nitrogens with zero attached hydrogens (tertiary/aromatic N) is 1. The summed E-state index contributed by atoms with van der Waals surface area (Å²) in [6.07, 6.45) is 5.06. The van der Waals surface area contributed by atoms with Crippen molar-refractivity contribution < 1.29 is 19.1 Å². The van der Waals surface area contributed by atoms with Crippen molar-refractivity contribution in [3.63, 3.8) is 0 Å². The lowest BCUT2D eigenvalue weighted by Crippen LogP contribution is -2.40. The van der Waals surface area contributed by atoms with Gasteiger partial charge in [0.2, 0.25) is 5.91 Å². The Hall–Kier alpha value is -3.07. The van der Waals surface area contributed by atoms with Gasteiger partial charge >= 0.3 is 5.97 Å². The maximum absolute atomic E-state index is 13.0. The molecule has 1 heterocycles. The van der Waals surface area contributed by atoms with Gasteiger partial charge in [0.05, 0.1) is 11.6 Å². The first-order chi connectivity index (χ1) is 18.2. The summed E-state index contributed by atoms with van der Waals surface area (Å²) in [7, 11) is 0. The molecule has 2 aliphatic rings. The van der Waals surface area contributed by atoms with E-state index in [0.717, 1.165) is 37.7 Å². The number of amides is 2. The first-order valence-corrected chi connectivity index (χ1v) is 14.5. The Bertz CT molecular complexity index is 1170. The van der Waals surface area contributed by atoms with Crippen molar-refractivity contribution in [2.45, 2.75) is 78.4 Å². The zero-order valence-electron chi connectivity index (χ0n) is 22.6. The van der Waals surface area contributed by atoms with Crippen molar-refractivity contribution in [1.82, 2.24) is 10.3 Å². The number of ether oxygens (including phenoxy) is 1. The lowest BCUT2D eigenvalue weighted by Gasteiger charge is -2.36. The third-order valence-corrected chi connectivity index (χ3v) is 8.36. The van der Waals surface area contributed by atoms with Crippen LogP contribution in [0, 0.1) is 29.1 Å². The summed E-state index contributed by atoms with van der Waals surface area (Å²) in [6, 6.07) is 7.50. The average molecular weight is 539 g/mol. The molecule has 0 bridgehead atoms. The van der Waals surface area contributed by atoms with Gasteiger partial charge in [0.1, 0.15) is 11.8 Å². The van der Waals surface area contributed by atoms with Gasteiger partial charge in [0.25, 0.3) is 5.91 Å². The van der Waals surface area contributed by atoms with E-state index >= 15 is 0 Å². The van der Waals surface area contributed by atoms with E-state index in [1.807, 2.05) is 17.5 Å². The maximum Gasteiger partial charge on any atom is 0.353 e. The van der Waals surface area contributed by atoms with Crippen LogP contribution in [0.1, 0.15) is 76.6 Å². The fraction of sp³-hybridized carbons (Fsp3) is 0.552. The van der Waals surface area contributed by atoms with Crippen LogP contribution in [0.5, 0.6) is 0 Å². The van der Waals surface area contributed by atoms with Gasteiger partial charge in [0, 0.05) is 22.5 Å². The molecule has 4 atom stereocenters. The van der Waals surface area contributed by atoms with Gasteiger partial charge < -0.3 is 15.4 Å². The minimum Gasteiger partial charge on any atom is -0.458 e. The van der Waals surface area contributed by atoms with Crippen molar-refractivity contribution >= 4 is 40.0 Å². The van der Waals surface area contributed by atoms with Gasteiger partial charge in [-0.3, -0.25) is 15.0 Å². The topological polar surface area (TPSA) is 121 Å². The zero-order valence-corrected chi connectivity index (χ0v) is 23.4. The summed E-state index contributed by atoms with van der Waals surface area (Å²) in [5, 5.41) is 16.4. The summed E-state index contributed by atoms with van der Waals surface area (Å²) in [5.74, 6) is -1.02. The van der Waals surface area contributed by atoms with Crippen molar-refractivity contribution in [2.75, 3.05) is 5.32 Å². The Kier molecular flexibility index (Phi) is 8.97. The molecule has 0 aliphatic heterocycles. The number of rotatable bonds is 10. The minimum atomic E-state index is -0.919. The van der Waals surface area contributed by atoms with E-state index in [0.29, 0.717) is 40.7 Å². The Balaban J connectivity index is 1.35. The molecule has 0 radical (unpaired) electrons. The molecular weight excluding hydrogens is 500 g/mol. The number of carbonyl (C=O) groups is 3. The minimum absolute atomic E-state index is 0.0745. The molecule has 38 heavy (non-hydrogen) atoms. The smallest absolute Gasteiger partial charge is 0.353 e. The van der Waals surface area contributed by atoms with E-state index in [-0.39, 0.29) is 23.6 Å². The van der Waals surface area contributed by atoms with Gasteiger partial charge in [-0.25, -0.2) is 9.78 Å². The molecule has 4 rings (SSSR count). The number of benzene rings is 1. The Morgan fingerprint density at radius 3 is 2.47 bits per heavy atom. The monoisotopic (exact) mass is 538 g/mol. The van der Waals surface area contributed by atoms with Crippen LogP contribution in [-0.4, -0.2) is 40.6 Å². The summed E-state index contributed by atoms with van der Waals surface area (Å²) in [6.45, 7) is 8.21. The fourth-order valence-electron chi connectivity index (χ4n) is 5.06. The van der Waals surface area contributed by atoms with Crippen LogP contribution in [0.15, 0.2) is 29.6 Å². The summed E-state index contributed by atoms with van der Waals surface area (Å²) in [5.41, 5.74) is 1.79. The van der Waals surface area contributed by atoms with Gasteiger partial charge in [-0.05, 0) is 62.0 Å². The first-order valence-electron chi connectivity index (χ1n) is 13.6. The van der Waals surface area contributed by atoms with Crippen molar-refractivity contribution in [3.05, 3.63) is 35.2 Å². The molecule has 8 nitrogen and oxygen atoms in total. The molecule has 2 aromatic rings. The number of anilines is 1. The number of carbonyl (C=O) groups excluding carboxylic acids is 3. The average Bonchev–Trinajstić information content (AvgIpc) is 3.58. The molecule has 204 valence electrons. The molecule has 2 amide bonds. The highest BCUT2D eigenvalue weighted by Crippen LogP contribution is 2.35. The number of hydrogen-bond donors (Lipinski definition) is 3. The standard InChI is InChI=1S/C29H38N4O4S/c1-5-21(25(30)28(36)37-24-14-17(4)6-13-22(24)16(2)3)27(35)33-29-32-23(15-38-29)18-7-9-19(10-8-18)26(34)31-20-11-12-20/h7-10,15-17,20-22,24,30H,5-6,11-14H2,1-4H3,(H,31,34)(H,32,33,35).